The Kier molecular flexibility index (Phi) is 3.93. The lowest BCUT2D eigenvalue weighted by Crippen LogP contribution is -2.46. The summed E-state index contributed by atoms with van der Waals surface area (Å²) in [5.41, 5.74) is 0. The second-order valence-corrected chi connectivity index (χ2v) is 4.47. The molecule has 0 spiro atoms. The van der Waals surface area contributed by atoms with Gasteiger partial charge in [-0.05, 0) is 24.5 Å². The molecule has 104 valence electrons. The van der Waals surface area contributed by atoms with Crippen LogP contribution in [0.5, 0.6) is 0 Å². The maximum absolute atomic E-state index is 12.1. The van der Waals surface area contributed by atoms with Crippen LogP contribution < -0.4 is 5.32 Å². The molecule has 9 heteroatoms. The van der Waals surface area contributed by atoms with E-state index in [2.05, 4.69) is 20.7 Å². The number of carbonyl (C=O) groups is 2. The molecule has 19 heavy (non-hydrogen) atoms. The van der Waals surface area contributed by atoms with Crippen LogP contribution in [0, 0.1) is 0 Å². The van der Waals surface area contributed by atoms with E-state index >= 15 is 0 Å². The molecule has 0 radical (unpaired) electrons. The van der Waals surface area contributed by atoms with Gasteiger partial charge in [0.25, 0.3) is 5.95 Å². The first-order valence-electron chi connectivity index (χ1n) is 6.09. The molecule has 1 aromatic rings. The SMILES string of the molecule is Cn1nnc(NC(=O)N2CCCCC2CC(=O)O)n1. The normalized spacial score (nSPS) is 19.2. The average molecular weight is 268 g/mol. The van der Waals surface area contributed by atoms with E-state index in [9.17, 15) is 9.59 Å². The third-order valence-electron chi connectivity index (χ3n) is 3.03. The Hall–Kier alpha value is -2.19. The van der Waals surface area contributed by atoms with Gasteiger partial charge in [0.2, 0.25) is 0 Å². The molecular weight excluding hydrogens is 252 g/mol. The zero-order valence-corrected chi connectivity index (χ0v) is 10.6. The van der Waals surface area contributed by atoms with E-state index in [1.165, 1.54) is 9.70 Å². The second-order valence-electron chi connectivity index (χ2n) is 4.47. The highest BCUT2D eigenvalue weighted by Crippen LogP contribution is 2.20. The fourth-order valence-corrected chi connectivity index (χ4v) is 2.18. The molecule has 2 rings (SSSR count). The lowest BCUT2D eigenvalue weighted by atomic mass is 10.00. The summed E-state index contributed by atoms with van der Waals surface area (Å²) in [5, 5.41) is 22.5. The van der Waals surface area contributed by atoms with Crippen molar-refractivity contribution >= 4 is 17.9 Å². The molecule has 1 aliphatic rings. The second kappa shape index (κ2) is 5.63. The third-order valence-corrected chi connectivity index (χ3v) is 3.03. The summed E-state index contributed by atoms with van der Waals surface area (Å²) < 4.78 is 0. The number of rotatable bonds is 3. The molecule has 1 aliphatic heterocycles. The van der Waals surface area contributed by atoms with Gasteiger partial charge in [-0.15, -0.1) is 5.10 Å². The minimum atomic E-state index is -0.901. The summed E-state index contributed by atoms with van der Waals surface area (Å²) >= 11 is 0. The van der Waals surface area contributed by atoms with Crippen molar-refractivity contribution in [2.24, 2.45) is 7.05 Å². The van der Waals surface area contributed by atoms with Crippen molar-refractivity contribution in [1.82, 2.24) is 25.1 Å². The summed E-state index contributed by atoms with van der Waals surface area (Å²) in [6.07, 6.45) is 2.47. The van der Waals surface area contributed by atoms with Crippen molar-refractivity contribution in [3.8, 4) is 0 Å². The van der Waals surface area contributed by atoms with Crippen LogP contribution in [0.1, 0.15) is 25.7 Å². The molecular formula is C10H16N6O3. The number of nitrogens with one attached hydrogen (secondary N) is 1. The standard InChI is InChI=1S/C10H16N6O3/c1-15-13-9(12-14-15)11-10(19)16-5-3-2-4-7(16)6-8(17)18/h7H,2-6H2,1H3,(H,17,18)(H,11,13,19). The van der Waals surface area contributed by atoms with Crippen molar-refractivity contribution in [1.29, 1.82) is 0 Å². The molecule has 9 nitrogen and oxygen atoms in total. The zero-order valence-electron chi connectivity index (χ0n) is 10.6. The van der Waals surface area contributed by atoms with E-state index in [1.54, 1.807) is 7.05 Å². The topological polar surface area (TPSA) is 113 Å². The summed E-state index contributed by atoms with van der Waals surface area (Å²) in [4.78, 5) is 25.6. The van der Waals surface area contributed by atoms with Gasteiger partial charge in [-0.25, -0.2) is 4.79 Å². The molecule has 2 heterocycles. The molecule has 1 unspecified atom stereocenters. The highest BCUT2D eigenvalue weighted by Gasteiger charge is 2.29. The highest BCUT2D eigenvalue weighted by atomic mass is 16.4. The number of aromatic nitrogens is 4. The van der Waals surface area contributed by atoms with Crippen LogP contribution in [-0.2, 0) is 11.8 Å². The maximum Gasteiger partial charge on any atom is 0.324 e. The Morgan fingerprint density at radius 2 is 2.26 bits per heavy atom. The molecule has 2 N–H and O–H groups in total. The highest BCUT2D eigenvalue weighted by molar-refractivity contribution is 5.88. The van der Waals surface area contributed by atoms with Crippen LogP contribution in [0.2, 0.25) is 0 Å². The van der Waals surface area contributed by atoms with E-state index < -0.39 is 5.97 Å². The minimum absolute atomic E-state index is 0.0404. The van der Waals surface area contributed by atoms with Gasteiger partial charge in [0.15, 0.2) is 0 Å². The van der Waals surface area contributed by atoms with E-state index in [-0.39, 0.29) is 24.4 Å². The monoisotopic (exact) mass is 268 g/mol. The third kappa shape index (κ3) is 3.39. The molecule has 2 amide bonds. The fourth-order valence-electron chi connectivity index (χ4n) is 2.18. The van der Waals surface area contributed by atoms with Crippen molar-refractivity contribution in [2.45, 2.75) is 31.7 Å². The number of anilines is 1. The lowest BCUT2D eigenvalue weighted by molar-refractivity contribution is -0.138. The van der Waals surface area contributed by atoms with Gasteiger partial charge in [-0.2, -0.15) is 4.80 Å². The molecule has 0 aromatic carbocycles. The zero-order chi connectivity index (χ0) is 13.8. The predicted molar refractivity (Wildman–Crippen MR) is 64.4 cm³/mol. The van der Waals surface area contributed by atoms with Crippen molar-refractivity contribution in [3.63, 3.8) is 0 Å². The fraction of sp³-hybridized carbons (Fsp3) is 0.700. The molecule has 0 aliphatic carbocycles. The van der Waals surface area contributed by atoms with Gasteiger partial charge in [-0.1, -0.05) is 5.10 Å². The Morgan fingerprint density at radius 3 is 2.89 bits per heavy atom. The number of piperidine rings is 1. The number of hydrogen-bond donors (Lipinski definition) is 2. The number of tetrazole rings is 1. The van der Waals surface area contributed by atoms with Crippen LogP contribution >= 0.6 is 0 Å². The number of carbonyl (C=O) groups excluding carboxylic acids is 1. The molecule has 1 saturated heterocycles. The molecule has 1 aromatic heterocycles. The molecule has 0 saturated carbocycles. The number of hydrogen-bond acceptors (Lipinski definition) is 5. The van der Waals surface area contributed by atoms with Gasteiger partial charge in [0.05, 0.1) is 13.5 Å². The van der Waals surface area contributed by atoms with Crippen molar-refractivity contribution in [2.75, 3.05) is 11.9 Å². The van der Waals surface area contributed by atoms with E-state index in [0.29, 0.717) is 13.0 Å². The number of aliphatic carboxylic acids is 1. The number of nitrogens with zero attached hydrogens (tertiary/aromatic N) is 5. The largest absolute Gasteiger partial charge is 0.481 e. The van der Waals surface area contributed by atoms with Crippen LogP contribution in [0.25, 0.3) is 0 Å². The van der Waals surface area contributed by atoms with E-state index in [4.69, 9.17) is 5.11 Å². The maximum atomic E-state index is 12.1. The molecule has 0 bridgehead atoms. The van der Waals surface area contributed by atoms with E-state index in [0.717, 1.165) is 12.8 Å². The van der Waals surface area contributed by atoms with Crippen LogP contribution in [0.4, 0.5) is 10.7 Å². The lowest BCUT2D eigenvalue weighted by Gasteiger charge is -2.34. The van der Waals surface area contributed by atoms with Crippen molar-refractivity contribution < 1.29 is 14.7 Å². The Bertz CT molecular complexity index is 474. The number of carboxylic acids is 1. The summed E-state index contributed by atoms with van der Waals surface area (Å²) in [6.45, 7) is 0.546. The first-order valence-corrected chi connectivity index (χ1v) is 6.09. The Balaban J connectivity index is 2.00. The smallest absolute Gasteiger partial charge is 0.324 e. The summed E-state index contributed by atoms with van der Waals surface area (Å²) in [7, 11) is 1.59. The molecule has 1 fully saturated rings. The van der Waals surface area contributed by atoms with E-state index in [1.807, 2.05) is 0 Å². The average Bonchev–Trinajstić information content (AvgIpc) is 2.74. The number of amides is 2. The first kappa shape index (κ1) is 13.2. The van der Waals surface area contributed by atoms with Gasteiger partial charge >= 0.3 is 12.0 Å². The van der Waals surface area contributed by atoms with Crippen LogP contribution in [-0.4, -0.2) is 54.8 Å². The number of urea groups is 1. The minimum Gasteiger partial charge on any atom is -0.481 e. The number of aryl methyl sites for hydroxylation is 1. The van der Waals surface area contributed by atoms with Crippen molar-refractivity contribution in [3.05, 3.63) is 0 Å². The predicted octanol–water partition coefficient (Wildman–Crippen LogP) is 0.0712. The van der Waals surface area contributed by atoms with Gasteiger partial charge < -0.3 is 10.0 Å². The quantitative estimate of drug-likeness (QED) is 0.802. The Labute approximate surface area is 109 Å². The number of likely N-dealkylation sites (tertiary alicyclic amines) is 1. The molecule has 1 atom stereocenters. The number of carboxylic acid groups (broad SMARTS) is 1. The first-order chi connectivity index (χ1) is 9.06. The van der Waals surface area contributed by atoms with Gasteiger partial charge in [-0.3, -0.25) is 10.1 Å². The van der Waals surface area contributed by atoms with Gasteiger partial charge in [0, 0.05) is 12.6 Å². The van der Waals surface area contributed by atoms with Crippen LogP contribution in [0.15, 0.2) is 0 Å². The summed E-state index contributed by atoms with van der Waals surface area (Å²) in [5.74, 6) is -0.783. The van der Waals surface area contributed by atoms with Crippen LogP contribution in [0.3, 0.4) is 0 Å². The Morgan fingerprint density at radius 1 is 1.47 bits per heavy atom. The van der Waals surface area contributed by atoms with Gasteiger partial charge in [0.1, 0.15) is 0 Å². The summed E-state index contributed by atoms with van der Waals surface area (Å²) in [6, 6.07) is -0.651.